The van der Waals surface area contributed by atoms with Gasteiger partial charge in [0, 0.05) is 23.7 Å². The van der Waals surface area contributed by atoms with Gasteiger partial charge in [-0.05, 0) is 25.5 Å². The first-order valence-corrected chi connectivity index (χ1v) is 6.89. The average molecular weight is 270 g/mol. The second kappa shape index (κ2) is 4.59. The molecule has 0 spiro atoms. The van der Waals surface area contributed by atoms with Gasteiger partial charge in [-0.15, -0.1) is 10.2 Å². The Morgan fingerprint density at radius 3 is 2.74 bits per heavy atom. The highest BCUT2D eigenvalue weighted by molar-refractivity contribution is 7.18. The van der Waals surface area contributed by atoms with Crippen molar-refractivity contribution in [2.45, 2.75) is 13.8 Å². The van der Waals surface area contributed by atoms with Crippen molar-refractivity contribution in [1.82, 2.24) is 15.2 Å². The zero-order valence-electron chi connectivity index (χ0n) is 11.1. The van der Waals surface area contributed by atoms with Crippen LogP contribution in [0.3, 0.4) is 0 Å². The highest BCUT2D eigenvalue weighted by atomic mass is 32.1. The largest absolute Gasteiger partial charge is 0.363 e. The highest BCUT2D eigenvalue weighted by Gasteiger charge is 2.12. The summed E-state index contributed by atoms with van der Waals surface area (Å²) in [6.07, 6.45) is 0. The minimum Gasteiger partial charge on any atom is -0.363 e. The quantitative estimate of drug-likeness (QED) is 0.775. The van der Waals surface area contributed by atoms with Crippen LogP contribution in [0.5, 0.6) is 0 Å². The normalized spacial score (nSPS) is 10.9. The smallest absolute Gasteiger partial charge is 0.205 e. The van der Waals surface area contributed by atoms with Crippen molar-refractivity contribution < 1.29 is 0 Å². The molecule has 0 aliphatic heterocycles. The van der Waals surface area contributed by atoms with E-state index >= 15 is 0 Å². The molecule has 0 amide bonds. The summed E-state index contributed by atoms with van der Waals surface area (Å²) in [6, 6.07) is 8.29. The molecule has 0 aliphatic carbocycles. The van der Waals surface area contributed by atoms with Gasteiger partial charge in [0.25, 0.3) is 0 Å². The van der Waals surface area contributed by atoms with E-state index in [2.05, 4.69) is 51.7 Å². The number of para-hydroxylation sites is 1. The Bertz CT molecular complexity index is 748. The number of rotatable bonds is 2. The highest BCUT2D eigenvalue weighted by Crippen LogP contribution is 2.33. The van der Waals surface area contributed by atoms with Crippen LogP contribution in [0.15, 0.2) is 24.3 Å². The molecular weight excluding hydrogens is 256 g/mol. The molecule has 3 aromatic rings. The Morgan fingerprint density at radius 2 is 2.00 bits per heavy atom. The van der Waals surface area contributed by atoms with Gasteiger partial charge in [0.15, 0.2) is 0 Å². The minimum atomic E-state index is 0.824. The lowest BCUT2D eigenvalue weighted by molar-refractivity contribution is 1.09. The number of nitrogens with one attached hydrogen (secondary N) is 1. The first-order chi connectivity index (χ1) is 9.19. The van der Waals surface area contributed by atoms with E-state index in [0.717, 1.165) is 32.3 Å². The first-order valence-electron chi connectivity index (χ1n) is 6.07. The van der Waals surface area contributed by atoms with E-state index in [0.29, 0.717) is 0 Å². The Morgan fingerprint density at radius 1 is 1.16 bits per heavy atom. The van der Waals surface area contributed by atoms with E-state index in [1.807, 2.05) is 14.0 Å². The summed E-state index contributed by atoms with van der Waals surface area (Å²) >= 11 is 1.55. The molecule has 5 heteroatoms. The van der Waals surface area contributed by atoms with Crippen LogP contribution in [0.25, 0.3) is 21.5 Å². The van der Waals surface area contributed by atoms with Gasteiger partial charge in [-0.2, -0.15) is 0 Å². The van der Waals surface area contributed by atoms with Gasteiger partial charge in [0.2, 0.25) is 5.13 Å². The Hall–Kier alpha value is -2.01. The van der Waals surface area contributed by atoms with E-state index in [1.54, 1.807) is 11.3 Å². The molecular formula is C14H14N4S. The van der Waals surface area contributed by atoms with E-state index in [1.165, 1.54) is 5.56 Å². The number of aromatic nitrogens is 3. The SMILES string of the molecule is CNc1nnc(-c2cc(C)nc3c(C)cccc23)s1. The number of nitrogens with zero attached hydrogens (tertiary/aromatic N) is 3. The van der Waals surface area contributed by atoms with Gasteiger partial charge in [-0.1, -0.05) is 29.5 Å². The van der Waals surface area contributed by atoms with Gasteiger partial charge in [0.1, 0.15) is 5.01 Å². The number of pyridine rings is 1. The summed E-state index contributed by atoms with van der Waals surface area (Å²) < 4.78 is 0. The van der Waals surface area contributed by atoms with Crippen molar-refractivity contribution in [2.75, 3.05) is 12.4 Å². The van der Waals surface area contributed by atoms with Crippen LogP contribution in [0.1, 0.15) is 11.3 Å². The van der Waals surface area contributed by atoms with E-state index in [9.17, 15) is 0 Å². The van der Waals surface area contributed by atoms with Crippen LogP contribution in [0, 0.1) is 13.8 Å². The van der Waals surface area contributed by atoms with Crippen molar-refractivity contribution in [1.29, 1.82) is 0 Å². The average Bonchev–Trinajstić information content (AvgIpc) is 2.88. The lowest BCUT2D eigenvalue weighted by Crippen LogP contribution is -1.90. The summed E-state index contributed by atoms with van der Waals surface area (Å²) in [5, 5.41) is 14.3. The number of fused-ring (bicyclic) bond motifs is 1. The third-order valence-corrected chi connectivity index (χ3v) is 4.01. The molecule has 2 aromatic heterocycles. The molecule has 0 atom stereocenters. The second-order valence-corrected chi connectivity index (χ2v) is 5.42. The molecule has 0 bridgehead atoms. The number of hydrogen-bond acceptors (Lipinski definition) is 5. The van der Waals surface area contributed by atoms with Crippen LogP contribution in [-0.4, -0.2) is 22.2 Å². The molecule has 96 valence electrons. The number of hydrogen-bond donors (Lipinski definition) is 1. The van der Waals surface area contributed by atoms with Gasteiger partial charge in [0.05, 0.1) is 5.52 Å². The summed E-state index contributed by atoms with van der Waals surface area (Å²) in [4.78, 5) is 4.63. The van der Waals surface area contributed by atoms with Crippen LogP contribution < -0.4 is 5.32 Å². The number of anilines is 1. The van der Waals surface area contributed by atoms with Crippen LogP contribution in [0.4, 0.5) is 5.13 Å². The molecule has 0 radical (unpaired) electrons. The Balaban J connectivity index is 2.31. The molecule has 4 nitrogen and oxygen atoms in total. The van der Waals surface area contributed by atoms with Gasteiger partial charge >= 0.3 is 0 Å². The van der Waals surface area contributed by atoms with Crippen LogP contribution >= 0.6 is 11.3 Å². The predicted molar refractivity (Wildman–Crippen MR) is 79.7 cm³/mol. The van der Waals surface area contributed by atoms with Crippen molar-refractivity contribution >= 4 is 27.4 Å². The van der Waals surface area contributed by atoms with Crippen molar-refractivity contribution in [2.24, 2.45) is 0 Å². The minimum absolute atomic E-state index is 0.824. The summed E-state index contributed by atoms with van der Waals surface area (Å²) in [5.41, 5.74) is 4.32. The molecule has 2 heterocycles. The molecule has 0 saturated heterocycles. The van der Waals surface area contributed by atoms with Crippen molar-refractivity contribution in [3.05, 3.63) is 35.5 Å². The predicted octanol–water partition coefficient (Wildman–Crippen LogP) is 3.41. The first kappa shape index (κ1) is 12.0. The molecule has 1 N–H and O–H groups in total. The third-order valence-electron chi connectivity index (χ3n) is 3.04. The summed E-state index contributed by atoms with van der Waals surface area (Å²) in [5.74, 6) is 0. The topological polar surface area (TPSA) is 50.7 Å². The lowest BCUT2D eigenvalue weighted by Gasteiger charge is -2.07. The zero-order valence-corrected chi connectivity index (χ0v) is 11.9. The standard InChI is InChI=1S/C14H14N4S/c1-8-5-4-6-10-11(7-9(2)16-12(8)10)13-17-18-14(15-3)19-13/h4-7H,1-3H3,(H,15,18). The molecule has 0 unspecified atom stereocenters. The fourth-order valence-corrected chi connectivity index (χ4v) is 2.86. The fourth-order valence-electron chi connectivity index (χ4n) is 2.13. The monoisotopic (exact) mass is 270 g/mol. The molecule has 1 aromatic carbocycles. The van der Waals surface area contributed by atoms with E-state index in [4.69, 9.17) is 0 Å². The second-order valence-electron chi connectivity index (χ2n) is 4.44. The van der Waals surface area contributed by atoms with Gasteiger partial charge in [-0.25, -0.2) is 0 Å². The van der Waals surface area contributed by atoms with Gasteiger partial charge in [-0.3, -0.25) is 4.98 Å². The van der Waals surface area contributed by atoms with Crippen LogP contribution in [0.2, 0.25) is 0 Å². The molecule has 0 saturated carbocycles. The van der Waals surface area contributed by atoms with Crippen molar-refractivity contribution in [3.63, 3.8) is 0 Å². The van der Waals surface area contributed by atoms with Gasteiger partial charge < -0.3 is 5.32 Å². The molecule has 3 rings (SSSR count). The molecule has 0 fully saturated rings. The van der Waals surface area contributed by atoms with Crippen LogP contribution in [-0.2, 0) is 0 Å². The zero-order chi connectivity index (χ0) is 13.4. The summed E-state index contributed by atoms with van der Waals surface area (Å²) in [7, 11) is 1.85. The third kappa shape index (κ3) is 2.06. The summed E-state index contributed by atoms with van der Waals surface area (Å²) in [6.45, 7) is 4.09. The Labute approximate surface area is 115 Å². The number of aryl methyl sites for hydroxylation is 2. The Kier molecular flexibility index (Phi) is 2.91. The fraction of sp³-hybridized carbons (Fsp3) is 0.214. The maximum atomic E-state index is 4.63. The lowest BCUT2D eigenvalue weighted by atomic mass is 10.1. The maximum absolute atomic E-state index is 4.63. The molecule has 0 aliphatic rings. The van der Waals surface area contributed by atoms with Crippen molar-refractivity contribution in [3.8, 4) is 10.6 Å². The molecule has 19 heavy (non-hydrogen) atoms. The number of benzene rings is 1. The van der Waals surface area contributed by atoms with E-state index < -0.39 is 0 Å². The maximum Gasteiger partial charge on any atom is 0.205 e. The van der Waals surface area contributed by atoms with E-state index in [-0.39, 0.29) is 0 Å².